The number of halogens is 2. The molecule has 3 aromatic rings. The normalized spacial score (nSPS) is 17.6. The van der Waals surface area contributed by atoms with Crippen LogP contribution in [0.4, 0.5) is 5.69 Å². The van der Waals surface area contributed by atoms with Crippen LogP contribution in [0.5, 0.6) is 0 Å². The molecule has 1 amide bonds. The van der Waals surface area contributed by atoms with Gasteiger partial charge in [-0.05, 0) is 43.0 Å². The molecule has 0 radical (unpaired) electrons. The summed E-state index contributed by atoms with van der Waals surface area (Å²) in [7, 11) is 0. The second-order valence-electron chi connectivity index (χ2n) is 7.29. The highest BCUT2D eigenvalue weighted by Gasteiger charge is 2.27. The zero-order chi connectivity index (χ0) is 19.5. The average Bonchev–Trinajstić information content (AvgIpc) is 2.71. The first-order chi connectivity index (χ1) is 13.6. The van der Waals surface area contributed by atoms with E-state index in [1.807, 2.05) is 48.5 Å². The number of amides is 1. The van der Waals surface area contributed by atoms with Gasteiger partial charge in [0.1, 0.15) is 0 Å². The lowest BCUT2D eigenvalue weighted by molar-refractivity contribution is -0.121. The summed E-state index contributed by atoms with van der Waals surface area (Å²) in [5.74, 6) is 0.0280. The minimum atomic E-state index is -0.0472. The lowest BCUT2D eigenvalue weighted by atomic mass is 9.96. The first-order valence-corrected chi connectivity index (χ1v) is 10.3. The van der Waals surface area contributed by atoms with E-state index in [2.05, 4.69) is 22.3 Å². The van der Waals surface area contributed by atoms with Gasteiger partial charge in [0.05, 0.1) is 5.92 Å². The summed E-state index contributed by atoms with van der Waals surface area (Å²) < 4.78 is 0. The van der Waals surface area contributed by atoms with E-state index < -0.39 is 0 Å². The number of fused-ring (bicyclic) bond motifs is 1. The van der Waals surface area contributed by atoms with Crippen molar-refractivity contribution in [2.24, 2.45) is 5.92 Å². The van der Waals surface area contributed by atoms with Gasteiger partial charge in [-0.1, -0.05) is 65.7 Å². The molecule has 0 aromatic heterocycles. The Bertz CT molecular complexity index is 979. The molecule has 1 saturated heterocycles. The monoisotopic (exact) mass is 412 g/mol. The molecule has 1 aliphatic heterocycles. The van der Waals surface area contributed by atoms with Gasteiger partial charge in [0, 0.05) is 39.8 Å². The number of anilines is 1. The van der Waals surface area contributed by atoms with E-state index in [-0.39, 0.29) is 11.8 Å². The van der Waals surface area contributed by atoms with Crippen LogP contribution in [-0.4, -0.2) is 23.9 Å². The molecule has 1 N–H and O–H groups in total. The summed E-state index contributed by atoms with van der Waals surface area (Å²) in [5, 5.41) is 6.68. The van der Waals surface area contributed by atoms with Crippen molar-refractivity contribution in [3.63, 3.8) is 0 Å². The molecule has 0 unspecified atom stereocenters. The molecule has 0 bridgehead atoms. The standard InChI is InChI=1S/C23H22Cl2N2O/c24-20-10-4-11-21(25)19(20)15-27-13-5-8-17(14-27)23(28)26-22-12-3-7-16-6-1-2-9-18(16)22/h1-4,6-7,9-12,17H,5,8,13-15H2,(H,26,28)/t17-/m1/s1. The lowest BCUT2D eigenvalue weighted by Crippen LogP contribution is -2.40. The molecular weight excluding hydrogens is 391 g/mol. The van der Waals surface area contributed by atoms with Crippen molar-refractivity contribution in [2.75, 3.05) is 18.4 Å². The van der Waals surface area contributed by atoms with Gasteiger partial charge < -0.3 is 5.32 Å². The molecule has 3 nitrogen and oxygen atoms in total. The maximum Gasteiger partial charge on any atom is 0.228 e. The smallest absolute Gasteiger partial charge is 0.228 e. The Kier molecular flexibility index (Phi) is 5.86. The maximum atomic E-state index is 13.0. The predicted molar refractivity (Wildman–Crippen MR) is 117 cm³/mol. The maximum absolute atomic E-state index is 13.0. The van der Waals surface area contributed by atoms with Gasteiger partial charge in [-0.25, -0.2) is 0 Å². The average molecular weight is 413 g/mol. The number of hydrogen-bond donors (Lipinski definition) is 1. The van der Waals surface area contributed by atoms with E-state index in [1.165, 1.54) is 0 Å². The van der Waals surface area contributed by atoms with Crippen LogP contribution in [0, 0.1) is 5.92 Å². The first-order valence-electron chi connectivity index (χ1n) is 9.55. The fourth-order valence-corrected chi connectivity index (χ4v) is 4.41. The molecule has 5 heteroatoms. The molecule has 144 valence electrons. The van der Waals surface area contributed by atoms with Crippen molar-refractivity contribution in [3.05, 3.63) is 76.3 Å². The highest BCUT2D eigenvalue weighted by molar-refractivity contribution is 6.35. The van der Waals surface area contributed by atoms with E-state index in [0.29, 0.717) is 23.1 Å². The third-order valence-electron chi connectivity index (χ3n) is 5.37. The number of piperidine rings is 1. The van der Waals surface area contributed by atoms with Crippen LogP contribution >= 0.6 is 23.2 Å². The zero-order valence-corrected chi connectivity index (χ0v) is 17.0. The Labute approximate surface area is 175 Å². The molecule has 4 rings (SSSR count). The molecule has 1 heterocycles. The van der Waals surface area contributed by atoms with Crippen molar-refractivity contribution < 1.29 is 4.79 Å². The van der Waals surface area contributed by atoms with Crippen molar-refractivity contribution in [1.29, 1.82) is 0 Å². The Morgan fingerprint density at radius 3 is 2.54 bits per heavy atom. The highest BCUT2D eigenvalue weighted by Crippen LogP contribution is 2.29. The van der Waals surface area contributed by atoms with Crippen molar-refractivity contribution in [3.8, 4) is 0 Å². The van der Waals surface area contributed by atoms with Gasteiger partial charge in [-0.2, -0.15) is 0 Å². The zero-order valence-electron chi connectivity index (χ0n) is 15.5. The summed E-state index contributed by atoms with van der Waals surface area (Å²) in [6.07, 6.45) is 1.87. The third kappa shape index (κ3) is 4.17. The van der Waals surface area contributed by atoms with E-state index in [9.17, 15) is 4.79 Å². The van der Waals surface area contributed by atoms with Gasteiger partial charge in [-0.3, -0.25) is 9.69 Å². The fourth-order valence-electron chi connectivity index (χ4n) is 3.89. The number of hydrogen-bond acceptors (Lipinski definition) is 2. The quantitative estimate of drug-likeness (QED) is 0.569. The van der Waals surface area contributed by atoms with Crippen LogP contribution in [0.15, 0.2) is 60.7 Å². The van der Waals surface area contributed by atoms with Crippen LogP contribution in [0.3, 0.4) is 0 Å². The SMILES string of the molecule is O=C(Nc1cccc2ccccc12)[C@@H]1CCCN(Cc2c(Cl)cccc2Cl)C1. The van der Waals surface area contributed by atoms with E-state index in [1.54, 1.807) is 0 Å². The Balaban J connectivity index is 1.46. The molecule has 1 fully saturated rings. The highest BCUT2D eigenvalue weighted by atomic mass is 35.5. The summed E-state index contributed by atoms with van der Waals surface area (Å²) >= 11 is 12.6. The Morgan fingerprint density at radius 1 is 1.00 bits per heavy atom. The van der Waals surface area contributed by atoms with Crippen molar-refractivity contribution >= 4 is 45.6 Å². The minimum Gasteiger partial charge on any atom is -0.325 e. The summed E-state index contributed by atoms with van der Waals surface area (Å²) in [6.45, 7) is 2.31. The number of carbonyl (C=O) groups excluding carboxylic acids is 1. The van der Waals surface area contributed by atoms with Gasteiger partial charge in [0.25, 0.3) is 0 Å². The molecule has 0 spiro atoms. The third-order valence-corrected chi connectivity index (χ3v) is 6.08. The number of carbonyl (C=O) groups is 1. The van der Waals surface area contributed by atoms with Crippen LogP contribution < -0.4 is 5.32 Å². The molecule has 28 heavy (non-hydrogen) atoms. The largest absolute Gasteiger partial charge is 0.325 e. The van der Waals surface area contributed by atoms with Crippen LogP contribution in [0.2, 0.25) is 10.0 Å². The topological polar surface area (TPSA) is 32.3 Å². The molecule has 0 aliphatic carbocycles. The molecule has 1 atom stereocenters. The number of likely N-dealkylation sites (tertiary alicyclic amines) is 1. The van der Waals surface area contributed by atoms with Gasteiger partial charge in [-0.15, -0.1) is 0 Å². The molecule has 3 aromatic carbocycles. The minimum absolute atomic E-state index is 0.0472. The number of nitrogens with zero attached hydrogens (tertiary/aromatic N) is 1. The van der Waals surface area contributed by atoms with Gasteiger partial charge in [0.15, 0.2) is 0 Å². The lowest BCUT2D eigenvalue weighted by Gasteiger charge is -2.32. The number of nitrogens with one attached hydrogen (secondary N) is 1. The van der Waals surface area contributed by atoms with E-state index in [4.69, 9.17) is 23.2 Å². The molecule has 0 saturated carbocycles. The fraction of sp³-hybridized carbons (Fsp3) is 0.261. The van der Waals surface area contributed by atoms with E-state index in [0.717, 1.165) is 41.4 Å². The van der Waals surface area contributed by atoms with Gasteiger partial charge >= 0.3 is 0 Å². The second-order valence-corrected chi connectivity index (χ2v) is 8.10. The van der Waals surface area contributed by atoms with Crippen molar-refractivity contribution in [1.82, 2.24) is 4.90 Å². The summed E-state index contributed by atoms with van der Waals surface area (Å²) in [5.41, 5.74) is 1.80. The first kappa shape index (κ1) is 19.3. The molecule has 1 aliphatic rings. The second kappa shape index (κ2) is 8.52. The van der Waals surface area contributed by atoms with Crippen LogP contribution in [0.1, 0.15) is 18.4 Å². The Morgan fingerprint density at radius 2 is 1.71 bits per heavy atom. The predicted octanol–water partition coefficient (Wildman–Crippen LogP) is 6.00. The van der Waals surface area contributed by atoms with Crippen LogP contribution in [-0.2, 0) is 11.3 Å². The number of benzene rings is 3. The summed E-state index contributed by atoms with van der Waals surface area (Å²) in [6, 6.07) is 19.7. The van der Waals surface area contributed by atoms with E-state index >= 15 is 0 Å². The summed E-state index contributed by atoms with van der Waals surface area (Å²) in [4.78, 5) is 15.2. The number of rotatable bonds is 4. The van der Waals surface area contributed by atoms with Gasteiger partial charge in [0.2, 0.25) is 5.91 Å². The Hall–Kier alpha value is -2.07. The van der Waals surface area contributed by atoms with Crippen LogP contribution in [0.25, 0.3) is 10.8 Å². The van der Waals surface area contributed by atoms with Crippen molar-refractivity contribution in [2.45, 2.75) is 19.4 Å². The molecular formula is C23H22Cl2N2O.